The molecule has 28 heavy (non-hydrogen) atoms. The van der Waals surface area contributed by atoms with Crippen LogP contribution in [0.25, 0.3) is 17.4 Å². The fourth-order valence-electron chi connectivity index (χ4n) is 2.74. The van der Waals surface area contributed by atoms with Crippen LogP contribution < -0.4 is 0 Å². The quantitative estimate of drug-likeness (QED) is 0.447. The molecule has 0 saturated carbocycles. The molecule has 1 aliphatic rings. The summed E-state index contributed by atoms with van der Waals surface area (Å²) in [6, 6.07) is 10.00. The van der Waals surface area contributed by atoms with Crippen LogP contribution in [0.5, 0.6) is 0 Å². The first-order valence-electron chi connectivity index (χ1n) is 8.34. The van der Waals surface area contributed by atoms with Crippen LogP contribution in [-0.4, -0.2) is 30.6 Å². The second kappa shape index (κ2) is 7.87. The Morgan fingerprint density at radius 2 is 1.86 bits per heavy atom. The standard InChI is InChI=1S/C21H16O7/c1-12-11-17(23)19(21(25)27-12)16(22)9-7-13-8-10-18(28-13)14-5-3-4-6-15(14)20(24)26-2/h3-11,19H,1-2H3. The van der Waals surface area contributed by atoms with E-state index in [1.807, 2.05) is 0 Å². The molecule has 0 spiro atoms. The number of rotatable bonds is 5. The Balaban J connectivity index is 1.81. The van der Waals surface area contributed by atoms with E-state index in [9.17, 15) is 19.2 Å². The summed E-state index contributed by atoms with van der Waals surface area (Å²) in [5.74, 6) is -3.35. The van der Waals surface area contributed by atoms with Gasteiger partial charge in [0.15, 0.2) is 17.5 Å². The Morgan fingerprint density at radius 1 is 1.11 bits per heavy atom. The summed E-state index contributed by atoms with van der Waals surface area (Å²) in [6.45, 7) is 1.46. The van der Waals surface area contributed by atoms with E-state index >= 15 is 0 Å². The number of furan rings is 1. The monoisotopic (exact) mass is 380 g/mol. The van der Waals surface area contributed by atoms with Gasteiger partial charge < -0.3 is 13.9 Å². The summed E-state index contributed by atoms with van der Waals surface area (Å²) < 4.78 is 15.2. The van der Waals surface area contributed by atoms with Gasteiger partial charge in [0.05, 0.1) is 12.7 Å². The van der Waals surface area contributed by atoms with Gasteiger partial charge in [0.25, 0.3) is 0 Å². The zero-order valence-corrected chi connectivity index (χ0v) is 15.1. The van der Waals surface area contributed by atoms with Gasteiger partial charge >= 0.3 is 11.9 Å². The fraction of sp³-hybridized carbons (Fsp3) is 0.143. The predicted octanol–water partition coefficient (Wildman–Crippen LogP) is 2.96. The molecule has 3 rings (SSSR count). The molecule has 142 valence electrons. The molecule has 1 unspecified atom stereocenters. The number of esters is 2. The average Bonchev–Trinajstić information content (AvgIpc) is 3.14. The van der Waals surface area contributed by atoms with Crippen LogP contribution in [0.3, 0.4) is 0 Å². The molecule has 0 fully saturated rings. The van der Waals surface area contributed by atoms with E-state index in [0.29, 0.717) is 22.6 Å². The van der Waals surface area contributed by atoms with Crippen LogP contribution in [0.15, 0.2) is 58.7 Å². The molecule has 2 heterocycles. The zero-order valence-electron chi connectivity index (χ0n) is 15.1. The van der Waals surface area contributed by atoms with Crippen LogP contribution in [0.1, 0.15) is 23.0 Å². The maximum atomic E-state index is 12.2. The van der Waals surface area contributed by atoms with Crippen LogP contribution >= 0.6 is 0 Å². The lowest BCUT2D eigenvalue weighted by Gasteiger charge is -2.15. The zero-order chi connectivity index (χ0) is 20.3. The van der Waals surface area contributed by atoms with Crippen molar-refractivity contribution in [2.24, 2.45) is 5.92 Å². The lowest BCUT2D eigenvalue weighted by molar-refractivity contribution is -0.151. The number of ether oxygens (including phenoxy) is 2. The van der Waals surface area contributed by atoms with Gasteiger partial charge in [0.1, 0.15) is 17.3 Å². The second-order valence-electron chi connectivity index (χ2n) is 5.99. The van der Waals surface area contributed by atoms with Gasteiger partial charge in [-0.25, -0.2) is 4.79 Å². The highest BCUT2D eigenvalue weighted by Crippen LogP contribution is 2.27. The molecule has 7 nitrogen and oxygen atoms in total. The number of carbonyl (C=O) groups excluding carboxylic acids is 4. The van der Waals surface area contributed by atoms with Gasteiger partial charge in [-0.15, -0.1) is 0 Å². The topological polar surface area (TPSA) is 99.9 Å². The molecule has 1 aromatic heterocycles. The molecule has 1 atom stereocenters. The van der Waals surface area contributed by atoms with Crippen molar-refractivity contribution in [3.63, 3.8) is 0 Å². The lowest BCUT2D eigenvalue weighted by Crippen LogP contribution is -2.34. The first-order valence-corrected chi connectivity index (χ1v) is 8.34. The Kier molecular flexibility index (Phi) is 5.35. The van der Waals surface area contributed by atoms with Crippen molar-refractivity contribution < 1.29 is 33.1 Å². The molecule has 7 heteroatoms. The molecule has 0 bridgehead atoms. The molecule has 2 aromatic rings. The maximum Gasteiger partial charge on any atom is 0.338 e. The van der Waals surface area contributed by atoms with E-state index < -0.39 is 29.4 Å². The SMILES string of the molecule is COC(=O)c1ccccc1-c1ccc(C=CC(=O)C2C(=O)C=C(C)OC2=O)o1. The van der Waals surface area contributed by atoms with E-state index in [4.69, 9.17) is 13.9 Å². The third kappa shape index (κ3) is 3.83. The van der Waals surface area contributed by atoms with Crippen molar-refractivity contribution in [3.05, 3.63) is 65.6 Å². The Bertz CT molecular complexity index is 1020. The highest BCUT2D eigenvalue weighted by molar-refractivity contribution is 6.25. The highest BCUT2D eigenvalue weighted by atomic mass is 16.5. The molecule has 0 saturated heterocycles. The number of carbonyl (C=O) groups is 4. The molecule has 0 N–H and O–H groups in total. The van der Waals surface area contributed by atoms with Crippen LogP contribution in [-0.2, 0) is 23.9 Å². The number of hydrogen-bond donors (Lipinski definition) is 0. The largest absolute Gasteiger partial charge is 0.465 e. The number of benzene rings is 1. The molecule has 1 aliphatic heterocycles. The van der Waals surface area contributed by atoms with Crippen molar-refractivity contribution >= 4 is 29.6 Å². The minimum absolute atomic E-state index is 0.156. The number of cyclic esters (lactones) is 1. The number of methoxy groups -OCH3 is 1. The third-order valence-corrected chi connectivity index (χ3v) is 4.05. The van der Waals surface area contributed by atoms with Crippen molar-refractivity contribution in [1.29, 1.82) is 0 Å². The smallest absolute Gasteiger partial charge is 0.338 e. The molecule has 0 aliphatic carbocycles. The Labute approximate surface area is 160 Å². The molecule has 0 amide bonds. The minimum atomic E-state index is -1.51. The van der Waals surface area contributed by atoms with E-state index in [2.05, 4.69) is 0 Å². The van der Waals surface area contributed by atoms with Crippen molar-refractivity contribution in [1.82, 2.24) is 0 Å². The summed E-state index contributed by atoms with van der Waals surface area (Å²) in [4.78, 5) is 47.8. The van der Waals surface area contributed by atoms with Gasteiger partial charge in [-0.05, 0) is 37.3 Å². The highest BCUT2D eigenvalue weighted by Gasteiger charge is 2.36. The summed E-state index contributed by atoms with van der Waals surface area (Å²) in [6.07, 6.45) is 3.55. The van der Waals surface area contributed by atoms with E-state index in [1.165, 1.54) is 20.1 Å². The Morgan fingerprint density at radius 3 is 2.57 bits per heavy atom. The maximum absolute atomic E-state index is 12.2. The molecule has 1 aromatic carbocycles. The normalized spacial score (nSPS) is 16.6. The van der Waals surface area contributed by atoms with Crippen LogP contribution in [0.4, 0.5) is 0 Å². The predicted molar refractivity (Wildman–Crippen MR) is 97.9 cm³/mol. The van der Waals surface area contributed by atoms with Gasteiger partial charge in [-0.3, -0.25) is 14.4 Å². The first kappa shape index (κ1) is 19.0. The van der Waals surface area contributed by atoms with E-state index in [1.54, 1.807) is 36.4 Å². The third-order valence-electron chi connectivity index (χ3n) is 4.05. The minimum Gasteiger partial charge on any atom is -0.465 e. The average molecular weight is 380 g/mol. The second-order valence-corrected chi connectivity index (χ2v) is 5.99. The van der Waals surface area contributed by atoms with Gasteiger partial charge in [0.2, 0.25) is 0 Å². The van der Waals surface area contributed by atoms with Crippen molar-refractivity contribution in [2.75, 3.05) is 7.11 Å². The van der Waals surface area contributed by atoms with E-state index in [0.717, 1.165) is 12.2 Å². The number of allylic oxidation sites excluding steroid dienone is 3. The fourth-order valence-corrected chi connectivity index (χ4v) is 2.74. The summed E-state index contributed by atoms with van der Waals surface area (Å²) in [5.41, 5.74) is 0.871. The Hall–Kier alpha value is -3.74. The summed E-state index contributed by atoms with van der Waals surface area (Å²) in [7, 11) is 1.29. The summed E-state index contributed by atoms with van der Waals surface area (Å²) in [5, 5.41) is 0. The number of ketones is 2. The molecular formula is C21H16O7. The summed E-state index contributed by atoms with van der Waals surface area (Å²) >= 11 is 0. The van der Waals surface area contributed by atoms with Gasteiger partial charge in [0, 0.05) is 11.6 Å². The van der Waals surface area contributed by atoms with Gasteiger partial charge in [-0.1, -0.05) is 18.2 Å². The van der Waals surface area contributed by atoms with Crippen LogP contribution in [0.2, 0.25) is 0 Å². The van der Waals surface area contributed by atoms with Crippen molar-refractivity contribution in [3.8, 4) is 11.3 Å². The van der Waals surface area contributed by atoms with Crippen LogP contribution in [0, 0.1) is 5.92 Å². The first-order chi connectivity index (χ1) is 13.4. The lowest BCUT2D eigenvalue weighted by atomic mass is 9.96. The van der Waals surface area contributed by atoms with Crippen molar-refractivity contribution in [2.45, 2.75) is 6.92 Å². The molecular weight excluding hydrogens is 364 g/mol. The van der Waals surface area contributed by atoms with Gasteiger partial charge in [-0.2, -0.15) is 0 Å². The number of hydrogen-bond acceptors (Lipinski definition) is 7. The van der Waals surface area contributed by atoms with E-state index in [-0.39, 0.29) is 5.76 Å². The molecule has 0 radical (unpaired) electrons.